The van der Waals surface area contributed by atoms with Gasteiger partial charge < -0.3 is 25.4 Å². The van der Waals surface area contributed by atoms with Crippen LogP contribution in [0.2, 0.25) is 5.15 Å². The lowest BCUT2D eigenvalue weighted by Crippen LogP contribution is -2.48. The van der Waals surface area contributed by atoms with E-state index in [2.05, 4.69) is 9.97 Å². The van der Waals surface area contributed by atoms with Crippen LogP contribution in [-0.4, -0.2) is 69.5 Å². The number of nitrogens with two attached hydrogens (primary N) is 2. The van der Waals surface area contributed by atoms with Crippen LogP contribution in [0, 0.1) is 0 Å². The largest absolute Gasteiger partial charge is 0.464 e. The van der Waals surface area contributed by atoms with Crippen LogP contribution in [-0.2, 0) is 14.3 Å². The highest BCUT2D eigenvalue weighted by atomic mass is 35.5. The number of aliphatic hydroxyl groups is 2. The fraction of sp³-hybridized carbons (Fsp3) is 0.688. The lowest BCUT2D eigenvalue weighted by molar-refractivity contribution is -0.153. The van der Waals surface area contributed by atoms with E-state index in [1.54, 1.807) is 6.92 Å². The molecule has 0 aliphatic heterocycles. The molecule has 0 aromatic carbocycles. The van der Waals surface area contributed by atoms with E-state index in [0.717, 1.165) is 12.2 Å². The zero-order chi connectivity index (χ0) is 20.8. The van der Waals surface area contributed by atoms with Gasteiger partial charge in [0.2, 0.25) is 0 Å². The number of rotatable bonds is 9. The molecular formula is C16H26ClN5O5S. The summed E-state index contributed by atoms with van der Waals surface area (Å²) in [6.45, 7) is 3.59. The number of hydrogen-bond donors (Lipinski definition) is 4. The first-order valence-corrected chi connectivity index (χ1v) is 10.3. The van der Waals surface area contributed by atoms with E-state index < -0.39 is 30.3 Å². The Morgan fingerprint density at radius 3 is 2.71 bits per heavy atom. The molecule has 1 aromatic rings. The van der Waals surface area contributed by atoms with E-state index in [-0.39, 0.29) is 36.3 Å². The summed E-state index contributed by atoms with van der Waals surface area (Å²) in [5.41, 5.74) is 6.04. The number of aromatic nitrogens is 2. The molecule has 10 nitrogen and oxygen atoms in total. The molecule has 0 spiro atoms. The number of halogens is 1. The average molecular weight is 436 g/mol. The molecule has 4 unspecified atom stereocenters. The van der Waals surface area contributed by atoms with Crippen LogP contribution >= 0.6 is 23.4 Å². The van der Waals surface area contributed by atoms with E-state index in [9.17, 15) is 15.0 Å². The molecule has 12 heteroatoms. The van der Waals surface area contributed by atoms with Gasteiger partial charge in [0, 0.05) is 12.2 Å². The molecule has 28 heavy (non-hydrogen) atoms. The number of ether oxygens (including phenoxy) is 2. The second-order valence-corrected chi connectivity index (χ2v) is 7.65. The van der Waals surface area contributed by atoms with Gasteiger partial charge >= 0.3 is 5.97 Å². The van der Waals surface area contributed by atoms with Crippen LogP contribution in [0.5, 0.6) is 0 Å². The molecule has 0 saturated heterocycles. The minimum absolute atomic E-state index is 0.0576. The number of hydrazine groups is 1. The van der Waals surface area contributed by atoms with Crippen molar-refractivity contribution < 1.29 is 24.5 Å². The first kappa shape index (κ1) is 22.9. The summed E-state index contributed by atoms with van der Waals surface area (Å²) < 4.78 is 10.2. The SMILES string of the molecule is CCCSc1nc(Cl)c(N)c(N(N)C2CC(OCC(=O)OCC)C(O)C2O)n1. The molecule has 2 rings (SSSR count). The van der Waals surface area contributed by atoms with Crippen LogP contribution in [0.15, 0.2) is 5.16 Å². The Labute approximate surface area is 172 Å². The Kier molecular flexibility index (Phi) is 8.53. The van der Waals surface area contributed by atoms with E-state index in [1.807, 2.05) is 6.92 Å². The minimum Gasteiger partial charge on any atom is -0.464 e. The number of carbonyl (C=O) groups is 1. The van der Waals surface area contributed by atoms with Gasteiger partial charge in [0.1, 0.15) is 24.5 Å². The lowest BCUT2D eigenvalue weighted by atomic mass is 10.2. The maximum absolute atomic E-state index is 11.5. The van der Waals surface area contributed by atoms with Gasteiger partial charge in [-0.15, -0.1) is 0 Å². The van der Waals surface area contributed by atoms with Crippen molar-refractivity contribution in [1.29, 1.82) is 0 Å². The molecule has 4 atom stereocenters. The number of aliphatic hydroxyl groups excluding tert-OH is 2. The molecule has 1 heterocycles. The number of hydrogen-bond acceptors (Lipinski definition) is 11. The summed E-state index contributed by atoms with van der Waals surface area (Å²) in [6.07, 6.45) is -2.21. The summed E-state index contributed by atoms with van der Waals surface area (Å²) in [5, 5.41) is 22.3. The van der Waals surface area contributed by atoms with Crippen molar-refractivity contribution >= 4 is 40.8 Å². The zero-order valence-electron chi connectivity index (χ0n) is 15.7. The fourth-order valence-corrected chi connectivity index (χ4v) is 3.72. The van der Waals surface area contributed by atoms with Gasteiger partial charge in [0.25, 0.3) is 0 Å². The summed E-state index contributed by atoms with van der Waals surface area (Å²) in [6, 6.07) is -0.750. The second-order valence-electron chi connectivity index (χ2n) is 6.23. The number of nitrogen functional groups attached to an aromatic ring is 1. The first-order valence-electron chi connectivity index (χ1n) is 8.93. The van der Waals surface area contributed by atoms with Gasteiger partial charge in [0.05, 0.1) is 18.8 Å². The number of esters is 1. The summed E-state index contributed by atoms with van der Waals surface area (Å²) in [7, 11) is 0. The second kappa shape index (κ2) is 10.4. The summed E-state index contributed by atoms with van der Waals surface area (Å²) in [5.74, 6) is 6.55. The van der Waals surface area contributed by atoms with Crippen molar-refractivity contribution in [1.82, 2.24) is 9.97 Å². The fourth-order valence-electron chi connectivity index (χ4n) is 2.81. The topological polar surface area (TPSA) is 157 Å². The van der Waals surface area contributed by atoms with Crippen molar-refractivity contribution in [3.63, 3.8) is 0 Å². The van der Waals surface area contributed by atoms with Gasteiger partial charge in [-0.05, 0) is 13.3 Å². The number of carbonyl (C=O) groups excluding carboxylic acids is 1. The van der Waals surface area contributed by atoms with Crippen molar-refractivity contribution in [3.05, 3.63) is 5.15 Å². The molecule has 1 saturated carbocycles. The summed E-state index contributed by atoms with van der Waals surface area (Å²) >= 11 is 7.50. The van der Waals surface area contributed by atoms with Crippen molar-refractivity contribution in [2.75, 3.05) is 29.7 Å². The van der Waals surface area contributed by atoms with Crippen LogP contribution in [0.3, 0.4) is 0 Å². The minimum atomic E-state index is -1.24. The Balaban J connectivity index is 2.14. The molecule has 158 valence electrons. The van der Waals surface area contributed by atoms with E-state index in [4.69, 9.17) is 32.7 Å². The third-order valence-electron chi connectivity index (χ3n) is 4.22. The van der Waals surface area contributed by atoms with Crippen molar-refractivity contribution in [3.8, 4) is 0 Å². The maximum Gasteiger partial charge on any atom is 0.332 e. The first-order chi connectivity index (χ1) is 13.3. The van der Waals surface area contributed by atoms with Crippen LogP contribution in [0.25, 0.3) is 0 Å². The Morgan fingerprint density at radius 1 is 1.36 bits per heavy atom. The molecule has 1 aromatic heterocycles. The summed E-state index contributed by atoms with van der Waals surface area (Å²) in [4.78, 5) is 19.9. The molecule has 6 N–H and O–H groups in total. The highest BCUT2D eigenvalue weighted by Gasteiger charge is 2.45. The zero-order valence-corrected chi connectivity index (χ0v) is 17.3. The third-order valence-corrected chi connectivity index (χ3v) is 5.56. The normalized spacial score (nSPS) is 24.4. The molecular weight excluding hydrogens is 410 g/mol. The van der Waals surface area contributed by atoms with Gasteiger partial charge in [-0.2, -0.15) is 0 Å². The molecule has 0 radical (unpaired) electrons. The van der Waals surface area contributed by atoms with Gasteiger partial charge in [-0.1, -0.05) is 30.3 Å². The van der Waals surface area contributed by atoms with Crippen LogP contribution < -0.4 is 16.6 Å². The smallest absolute Gasteiger partial charge is 0.332 e. The molecule has 1 fully saturated rings. The van der Waals surface area contributed by atoms with Gasteiger partial charge in [0.15, 0.2) is 16.1 Å². The Morgan fingerprint density at radius 2 is 2.07 bits per heavy atom. The third kappa shape index (κ3) is 5.37. The molecule has 1 aliphatic carbocycles. The quantitative estimate of drug-likeness (QED) is 0.106. The standard InChI is InChI=1S/C16H26ClN5O5S/c1-3-5-28-16-20-14(17)11(18)15(21-16)22(19)8-6-9(13(25)12(8)24)27-7-10(23)26-4-2/h8-9,12-13,24-25H,3-7,18-19H2,1-2H3. The lowest BCUT2D eigenvalue weighted by Gasteiger charge is -2.28. The maximum atomic E-state index is 11.5. The van der Waals surface area contributed by atoms with E-state index in [1.165, 1.54) is 16.8 Å². The van der Waals surface area contributed by atoms with E-state index in [0.29, 0.717) is 5.16 Å². The molecule has 1 aliphatic rings. The predicted molar refractivity (Wildman–Crippen MR) is 106 cm³/mol. The predicted octanol–water partition coefficient (Wildman–Crippen LogP) is 0.337. The number of anilines is 2. The van der Waals surface area contributed by atoms with Crippen LogP contribution in [0.1, 0.15) is 26.7 Å². The Hall–Kier alpha value is -1.37. The number of nitrogens with zero attached hydrogens (tertiary/aromatic N) is 3. The highest BCUT2D eigenvalue weighted by Crippen LogP contribution is 2.34. The molecule has 0 amide bonds. The van der Waals surface area contributed by atoms with Crippen molar-refractivity contribution in [2.24, 2.45) is 5.84 Å². The highest BCUT2D eigenvalue weighted by molar-refractivity contribution is 7.99. The average Bonchev–Trinajstić information content (AvgIpc) is 2.95. The number of thioether (sulfide) groups is 1. The molecule has 0 bridgehead atoms. The van der Waals surface area contributed by atoms with E-state index >= 15 is 0 Å². The van der Waals surface area contributed by atoms with Crippen LogP contribution in [0.4, 0.5) is 11.5 Å². The van der Waals surface area contributed by atoms with Crippen molar-refractivity contribution in [2.45, 2.75) is 56.2 Å². The monoisotopic (exact) mass is 435 g/mol. The van der Waals surface area contributed by atoms with Gasteiger partial charge in [-0.25, -0.2) is 20.6 Å². The Bertz CT molecular complexity index is 685. The van der Waals surface area contributed by atoms with Gasteiger partial charge in [-0.3, -0.25) is 5.01 Å².